The monoisotopic (exact) mass is 278 g/mol. The molecule has 0 radical (unpaired) electrons. The van der Waals surface area contributed by atoms with Crippen LogP contribution in [0.3, 0.4) is 0 Å². The van der Waals surface area contributed by atoms with Crippen molar-refractivity contribution in [2.24, 2.45) is 5.92 Å². The Labute approximate surface area is 96.7 Å². The van der Waals surface area contributed by atoms with Crippen molar-refractivity contribution in [3.05, 3.63) is 26.4 Å². The lowest BCUT2D eigenvalue weighted by atomic mass is 10.0. The van der Waals surface area contributed by atoms with Crippen LogP contribution in [0.25, 0.3) is 6.08 Å². The van der Waals surface area contributed by atoms with Gasteiger partial charge in [0.25, 0.3) is 0 Å². The quantitative estimate of drug-likeness (QED) is 0.698. The van der Waals surface area contributed by atoms with Gasteiger partial charge in [0.2, 0.25) is 0 Å². The summed E-state index contributed by atoms with van der Waals surface area (Å²) in [4.78, 5) is 1.26. The van der Waals surface area contributed by atoms with Gasteiger partial charge in [-0.2, -0.15) is 0 Å². The highest BCUT2D eigenvalue weighted by Crippen LogP contribution is 2.24. The fraction of sp³-hybridized carbons (Fsp3) is 0.400. The van der Waals surface area contributed by atoms with Gasteiger partial charge < -0.3 is 0 Å². The van der Waals surface area contributed by atoms with E-state index in [1.54, 1.807) is 11.3 Å². The first kappa shape index (κ1) is 11.3. The number of allylic oxidation sites excluding steroid dienone is 1. The Balaban J connectivity index is 2.84. The summed E-state index contributed by atoms with van der Waals surface area (Å²) in [7, 11) is 0. The molecule has 0 aliphatic carbocycles. The van der Waals surface area contributed by atoms with E-state index in [0.29, 0.717) is 11.8 Å². The second-order valence-electron chi connectivity index (χ2n) is 3.17. The van der Waals surface area contributed by atoms with Gasteiger partial charge in [-0.15, -0.1) is 22.9 Å². The molecule has 0 aliphatic heterocycles. The standard InChI is InChI=1S/C10H12BrClS/c1-7(2)8(5-12)3-10-4-9(11)6-13-10/h3-4,6-7H,5H2,1-2H3. The van der Waals surface area contributed by atoms with E-state index in [-0.39, 0.29) is 0 Å². The highest BCUT2D eigenvalue weighted by Gasteiger charge is 2.02. The highest BCUT2D eigenvalue weighted by molar-refractivity contribution is 9.10. The van der Waals surface area contributed by atoms with E-state index in [4.69, 9.17) is 11.6 Å². The average Bonchev–Trinajstić information content (AvgIpc) is 2.46. The first-order chi connectivity index (χ1) is 6.13. The third-order valence-electron chi connectivity index (χ3n) is 1.81. The van der Waals surface area contributed by atoms with Gasteiger partial charge in [-0.05, 0) is 34.0 Å². The molecular formula is C10H12BrClS. The molecule has 13 heavy (non-hydrogen) atoms. The lowest BCUT2D eigenvalue weighted by molar-refractivity contribution is 0.778. The minimum Gasteiger partial charge on any atom is -0.143 e. The number of thiophene rings is 1. The molecule has 0 N–H and O–H groups in total. The van der Waals surface area contributed by atoms with Gasteiger partial charge >= 0.3 is 0 Å². The normalized spacial score (nSPS) is 12.5. The lowest BCUT2D eigenvalue weighted by Gasteiger charge is -2.05. The third-order valence-corrected chi connectivity index (χ3v) is 3.76. The molecule has 1 aromatic heterocycles. The summed E-state index contributed by atoms with van der Waals surface area (Å²) in [6, 6.07) is 2.11. The maximum Gasteiger partial charge on any atom is 0.0439 e. The van der Waals surface area contributed by atoms with Crippen LogP contribution in [0.4, 0.5) is 0 Å². The average molecular weight is 280 g/mol. The van der Waals surface area contributed by atoms with Crippen molar-refractivity contribution in [2.75, 3.05) is 5.88 Å². The van der Waals surface area contributed by atoms with Crippen LogP contribution < -0.4 is 0 Å². The number of rotatable bonds is 3. The van der Waals surface area contributed by atoms with Gasteiger partial charge in [-0.25, -0.2) is 0 Å². The Morgan fingerprint density at radius 3 is 2.77 bits per heavy atom. The van der Waals surface area contributed by atoms with Crippen molar-refractivity contribution in [2.45, 2.75) is 13.8 Å². The van der Waals surface area contributed by atoms with Crippen LogP contribution in [-0.2, 0) is 0 Å². The van der Waals surface area contributed by atoms with E-state index in [2.05, 4.69) is 47.3 Å². The second kappa shape index (κ2) is 5.18. The van der Waals surface area contributed by atoms with Gasteiger partial charge in [0.05, 0.1) is 0 Å². The van der Waals surface area contributed by atoms with Crippen LogP contribution in [0.15, 0.2) is 21.5 Å². The smallest absolute Gasteiger partial charge is 0.0439 e. The molecule has 0 unspecified atom stereocenters. The van der Waals surface area contributed by atoms with Gasteiger partial charge in [0, 0.05) is 20.6 Å². The Kier molecular flexibility index (Phi) is 4.50. The predicted molar refractivity (Wildman–Crippen MR) is 65.6 cm³/mol. The van der Waals surface area contributed by atoms with Gasteiger partial charge in [-0.3, -0.25) is 0 Å². The zero-order valence-electron chi connectivity index (χ0n) is 7.68. The molecule has 3 heteroatoms. The SMILES string of the molecule is CC(C)C(=Cc1cc(Br)cs1)CCl. The van der Waals surface area contributed by atoms with Crippen molar-refractivity contribution in [3.8, 4) is 0 Å². The Bertz CT molecular complexity index is 302. The largest absolute Gasteiger partial charge is 0.143 e. The Morgan fingerprint density at radius 1 is 1.69 bits per heavy atom. The zero-order valence-corrected chi connectivity index (χ0v) is 10.8. The second-order valence-corrected chi connectivity index (χ2v) is 5.30. The van der Waals surface area contributed by atoms with E-state index in [0.717, 1.165) is 4.47 Å². The van der Waals surface area contributed by atoms with Gasteiger partial charge in [-0.1, -0.05) is 19.4 Å². The lowest BCUT2D eigenvalue weighted by Crippen LogP contribution is -1.94. The fourth-order valence-corrected chi connectivity index (χ4v) is 2.74. The molecule has 0 spiro atoms. The summed E-state index contributed by atoms with van der Waals surface area (Å²) in [6.07, 6.45) is 2.17. The van der Waals surface area contributed by atoms with Crippen LogP contribution in [0.5, 0.6) is 0 Å². The summed E-state index contributed by atoms with van der Waals surface area (Å²) in [6.45, 7) is 4.33. The van der Waals surface area contributed by atoms with E-state index in [9.17, 15) is 0 Å². The molecule has 0 saturated carbocycles. The van der Waals surface area contributed by atoms with Crippen molar-refractivity contribution >= 4 is 44.9 Å². The molecule has 0 nitrogen and oxygen atoms in total. The molecule has 0 bridgehead atoms. The minimum absolute atomic E-state index is 0.526. The summed E-state index contributed by atoms with van der Waals surface area (Å²) >= 11 is 11.0. The summed E-state index contributed by atoms with van der Waals surface area (Å²) in [5, 5.41) is 2.08. The van der Waals surface area contributed by atoms with Crippen molar-refractivity contribution in [1.82, 2.24) is 0 Å². The van der Waals surface area contributed by atoms with Gasteiger partial charge in [0.15, 0.2) is 0 Å². The molecule has 1 aromatic rings. The van der Waals surface area contributed by atoms with Crippen molar-refractivity contribution in [1.29, 1.82) is 0 Å². The van der Waals surface area contributed by atoms with Crippen molar-refractivity contribution < 1.29 is 0 Å². The van der Waals surface area contributed by atoms with E-state index >= 15 is 0 Å². The molecule has 0 fully saturated rings. The molecule has 72 valence electrons. The topological polar surface area (TPSA) is 0 Å². The van der Waals surface area contributed by atoms with E-state index in [1.165, 1.54) is 10.5 Å². The van der Waals surface area contributed by atoms with Crippen LogP contribution in [-0.4, -0.2) is 5.88 Å². The molecule has 0 aromatic carbocycles. The van der Waals surface area contributed by atoms with Crippen molar-refractivity contribution in [3.63, 3.8) is 0 Å². The summed E-state index contributed by atoms with van der Waals surface area (Å²) in [5.74, 6) is 1.14. The Morgan fingerprint density at radius 2 is 2.38 bits per heavy atom. The van der Waals surface area contributed by atoms with E-state index in [1.807, 2.05) is 0 Å². The van der Waals surface area contributed by atoms with Crippen LogP contribution in [0.1, 0.15) is 18.7 Å². The molecular weight excluding hydrogens is 268 g/mol. The Hall–Kier alpha value is 0.210. The molecule has 0 amide bonds. The maximum absolute atomic E-state index is 5.84. The number of halogens is 2. The first-order valence-electron chi connectivity index (χ1n) is 4.14. The maximum atomic E-state index is 5.84. The van der Waals surface area contributed by atoms with Crippen LogP contribution in [0, 0.1) is 5.92 Å². The molecule has 1 rings (SSSR count). The summed E-state index contributed by atoms with van der Waals surface area (Å²) < 4.78 is 1.14. The number of hydrogen-bond donors (Lipinski definition) is 0. The minimum atomic E-state index is 0.526. The number of hydrogen-bond acceptors (Lipinski definition) is 1. The first-order valence-corrected chi connectivity index (χ1v) is 6.34. The van der Waals surface area contributed by atoms with Crippen LogP contribution in [0.2, 0.25) is 0 Å². The molecule has 0 aliphatic rings. The molecule has 0 atom stereocenters. The summed E-state index contributed by atoms with van der Waals surface area (Å²) in [5.41, 5.74) is 1.29. The molecule has 1 heterocycles. The number of alkyl halides is 1. The third kappa shape index (κ3) is 3.45. The zero-order chi connectivity index (χ0) is 9.84. The predicted octanol–water partition coefficient (Wildman–Crippen LogP) is 4.79. The fourth-order valence-electron chi connectivity index (χ4n) is 0.946. The van der Waals surface area contributed by atoms with Gasteiger partial charge in [0.1, 0.15) is 0 Å². The molecule has 0 saturated heterocycles. The van der Waals surface area contributed by atoms with E-state index < -0.39 is 0 Å². The highest BCUT2D eigenvalue weighted by atomic mass is 79.9. The van der Waals surface area contributed by atoms with Crippen LogP contribution >= 0.6 is 38.9 Å².